The lowest BCUT2D eigenvalue weighted by atomic mass is 9.79. The van der Waals surface area contributed by atoms with Crippen LogP contribution in [0.3, 0.4) is 0 Å². The van der Waals surface area contributed by atoms with Crippen molar-refractivity contribution in [2.24, 2.45) is 0 Å². The highest BCUT2D eigenvalue weighted by Crippen LogP contribution is 2.35. The monoisotopic (exact) mass is 432 g/mol. The minimum Gasteiger partial charge on any atom is -0.207 e. The standard InChI is InChI=1S/C17H16Br2ClF/c1-12-2-5-14(6-3-12)17(10-18,11-19)9-13-4-7-15(21)8-16(13)20/h2-8H,9-11H2,1H3. The summed E-state index contributed by atoms with van der Waals surface area (Å²) < 4.78 is 13.2. The maximum atomic E-state index is 13.2. The van der Waals surface area contributed by atoms with Gasteiger partial charge in [0.15, 0.2) is 0 Å². The molecule has 0 nitrogen and oxygen atoms in total. The third-order valence-electron chi connectivity index (χ3n) is 3.72. The van der Waals surface area contributed by atoms with E-state index in [1.165, 1.54) is 23.3 Å². The summed E-state index contributed by atoms with van der Waals surface area (Å²) in [6.45, 7) is 2.07. The molecule has 0 unspecified atom stereocenters. The fourth-order valence-electron chi connectivity index (χ4n) is 2.32. The number of benzene rings is 2. The first-order chi connectivity index (χ1) is 10.0. The Morgan fingerprint density at radius 3 is 2.19 bits per heavy atom. The summed E-state index contributed by atoms with van der Waals surface area (Å²) in [5.41, 5.74) is 3.31. The van der Waals surface area contributed by atoms with E-state index in [0.717, 1.165) is 22.6 Å². The third-order valence-corrected chi connectivity index (χ3v) is 6.22. The van der Waals surface area contributed by atoms with E-state index in [-0.39, 0.29) is 11.2 Å². The zero-order chi connectivity index (χ0) is 15.5. The fourth-order valence-corrected chi connectivity index (χ4v) is 4.53. The molecule has 21 heavy (non-hydrogen) atoms. The van der Waals surface area contributed by atoms with Crippen LogP contribution < -0.4 is 0 Å². The molecule has 0 atom stereocenters. The van der Waals surface area contributed by atoms with Crippen LogP contribution in [0.4, 0.5) is 4.39 Å². The molecule has 0 bridgehead atoms. The van der Waals surface area contributed by atoms with Gasteiger partial charge in [0.05, 0.1) is 0 Å². The maximum Gasteiger partial charge on any atom is 0.124 e. The van der Waals surface area contributed by atoms with E-state index >= 15 is 0 Å². The lowest BCUT2D eigenvalue weighted by molar-refractivity contribution is 0.549. The van der Waals surface area contributed by atoms with Gasteiger partial charge >= 0.3 is 0 Å². The van der Waals surface area contributed by atoms with E-state index < -0.39 is 0 Å². The predicted octanol–water partition coefficient (Wildman–Crippen LogP) is 6.06. The van der Waals surface area contributed by atoms with Gasteiger partial charge in [0.1, 0.15) is 5.82 Å². The summed E-state index contributed by atoms with van der Waals surface area (Å²) in [5, 5.41) is 2.07. The van der Waals surface area contributed by atoms with Gasteiger partial charge in [0.25, 0.3) is 0 Å². The Labute approximate surface area is 147 Å². The van der Waals surface area contributed by atoms with Crippen LogP contribution in [-0.4, -0.2) is 10.7 Å². The quantitative estimate of drug-likeness (QED) is 0.502. The molecular weight excluding hydrogens is 418 g/mol. The van der Waals surface area contributed by atoms with Gasteiger partial charge in [-0.3, -0.25) is 0 Å². The van der Waals surface area contributed by atoms with Crippen molar-refractivity contribution in [2.75, 3.05) is 10.7 Å². The smallest absolute Gasteiger partial charge is 0.124 e. The number of alkyl halides is 2. The first kappa shape index (κ1) is 17.0. The molecule has 2 rings (SSSR count). The van der Waals surface area contributed by atoms with Gasteiger partial charge in [-0.15, -0.1) is 0 Å². The summed E-state index contributed by atoms with van der Waals surface area (Å²) in [6, 6.07) is 13.1. The van der Waals surface area contributed by atoms with Crippen molar-refractivity contribution >= 4 is 43.5 Å². The molecular formula is C17H16Br2ClF. The molecule has 0 amide bonds. The molecule has 0 saturated heterocycles. The van der Waals surface area contributed by atoms with Gasteiger partial charge < -0.3 is 0 Å². The van der Waals surface area contributed by atoms with Crippen LogP contribution in [0.5, 0.6) is 0 Å². The van der Waals surface area contributed by atoms with E-state index in [1.54, 1.807) is 6.07 Å². The molecule has 0 heterocycles. The van der Waals surface area contributed by atoms with Crippen LogP contribution in [0.2, 0.25) is 5.02 Å². The van der Waals surface area contributed by atoms with Gasteiger partial charge in [0.2, 0.25) is 0 Å². The van der Waals surface area contributed by atoms with Gasteiger partial charge in [0, 0.05) is 21.1 Å². The van der Waals surface area contributed by atoms with Gasteiger partial charge in [-0.05, 0) is 36.6 Å². The third kappa shape index (κ3) is 3.88. The predicted molar refractivity (Wildman–Crippen MR) is 95.6 cm³/mol. The Morgan fingerprint density at radius 2 is 1.67 bits per heavy atom. The number of aryl methyl sites for hydroxylation is 1. The summed E-state index contributed by atoms with van der Waals surface area (Å²) in [6.07, 6.45) is 0.742. The molecule has 0 spiro atoms. The second-order valence-electron chi connectivity index (χ2n) is 5.33. The van der Waals surface area contributed by atoms with Crippen molar-refractivity contribution in [3.8, 4) is 0 Å². The van der Waals surface area contributed by atoms with Crippen molar-refractivity contribution in [1.29, 1.82) is 0 Å². The molecule has 4 heteroatoms. The maximum absolute atomic E-state index is 13.2. The highest BCUT2D eigenvalue weighted by atomic mass is 79.9. The van der Waals surface area contributed by atoms with Gasteiger partial charge in [-0.2, -0.15) is 0 Å². The van der Waals surface area contributed by atoms with Crippen molar-refractivity contribution in [3.63, 3.8) is 0 Å². The molecule has 0 aliphatic carbocycles. The first-order valence-electron chi connectivity index (χ1n) is 6.64. The van der Waals surface area contributed by atoms with E-state index in [0.29, 0.717) is 5.02 Å². The lowest BCUT2D eigenvalue weighted by Crippen LogP contribution is -2.33. The second-order valence-corrected chi connectivity index (χ2v) is 6.85. The molecule has 0 N–H and O–H groups in total. The van der Waals surface area contributed by atoms with Gasteiger partial charge in [-0.1, -0.05) is 79.4 Å². The summed E-state index contributed by atoms with van der Waals surface area (Å²) in [4.78, 5) is 0. The van der Waals surface area contributed by atoms with E-state index in [4.69, 9.17) is 11.6 Å². The number of rotatable bonds is 5. The average molecular weight is 435 g/mol. The molecule has 0 aliphatic heterocycles. The van der Waals surface area contributed by atoms with Gasteiger partial charge in [-0.25, -0.2) is 4.39 Å². The molecule has 0 saturated carbocycles. The van der Waals surface area contributed by atoms with E-state index in [9.17, 15) is 4.39 Å². The van der Waals surface area contributed by atoms with E-state index in [1.807, 2.05) is 0 Å². The van der Waals surface area contributed by atoms with Crippen LogP contribution in [-0.2, 0) is 11.8 Å². The number of hydrogen-bond acceptors (Lipinski definition) is 0. The normalized spacial score (nSPS) is 11.7. The minimum atomic E-state index is -0.303. The first-order valence-corrected chi connectivity index (χ1v) is 9.26. The summed E-state index contributed by atoms with van der Waals surface area (Å²) >= 11 is 13.5. The zero-order valence-electron chi connectivity index (χ0n) is 11.7. The van der Waals surface area contributed by atoms with Crippen molar-refractivity contribution in [3.05, 3.63) is 70.0 Å². The van der Waals surface area contributed by atoms with Crippen molar-refractivity contribution < 1.29 is 4.39 Å². The van der Waals surface area contributed by atoms with Crippen molar-refractivity contribution in [2.45, 2.75) is 18.8 Å². The molecule has 0 radical (unpaired) electrons. The highest BCUT2D eigenvalue weighted by molar-refractivity contribution is 9.09. The van der Waals surface area contributed by atoms with Crippen molar-refractivity contribution in [1.82, 2.24) is 0 Å². The Balaban J connectivity index is 2.40. The Morgan fingerprint density at radius 1 is 1.05 bits per heavy atom. The van der Waals surface area contributed by atoms with Crippen LogP contribution in [0.15, 0.2) is 42.5 Å². The lowest BCUT2D eigenvalue weighted by Gasteiger charge is -2.31. The molecule has 0 aromatic heterocycles. The van der Waals surface area contributed by atoms with Crippen LogP contribution in [0.25, 0.3) is 0 Å². The Hall–Kier alpha value is -0.380. The molecule has 2 aromatic rings. The largest absolute Gasteiger partial charge is 0.207 e. The van der Waals surface area contributed by atoms with Crippen LogP contribution >= 0.6 is 43.5 Å². The molecule has 0 fully saturated rings. The molecule has 112 valence electrons. The number of halogens is 4. The Kier molecular flexibility index (Phi) is 5.87. The summed E-state index contributed by atoms with van der Waals surface area (Å²) in [7, 11) is 0. The number of hydrogen-bond donors (Lipinski definition) is 0. The Bertz CT molecular complexity index is 607. The fraction of sp³-hybridized carbons (Fsp3) is 0.294. The molecule has 2 aromatic carbocycles. The second kappa shape index (κ2) is 7.26. The zero-order valence-corrected chi connectivity index (χ0v) is 15.6. The summed E-state index contributed by atoms with van der Waals surface area (Å²) in [5.74, 6) is -0.303. The minimum absolute atomic E-state index is 0.116. The highest BCUT2D eigenvalue weighted by Gasteiger charge is 2.31. The van der Waals surface area contributed by atoms with Crippen LogP contribution in [0, 0.1) is 12.7 Å². The van der Waals surface area contributed by atoms with Crippen LogP contribution in [0.1, 0.15) is 16.7 Å². The topological polar surface area (TPSA) is 0 Å². The SMILES string of the molecule is Cc1ccc(C(CBr)(CBr)Cc2ccc(F)cc2Cl)cc1. The average Bonchev–Trinajstić information content (AvgIpc) is 2.48. The van der Waals surface area contributed by atoms with E-state index in [2.05, 4.69) is 63.0 Å². The molecule has 0 aliphatic rings.